The van der Waals surface area contributed by atoms with E-state index in [9.17, 15) is 14.4 Å². The van der Waals surface area contributed by atoms with Crippen molar-refractivity contribution in [1.29, 1.82) is 0 Å². The van der Waals surface area contributed by atoms with Gasteiger partial charge in [-0.2, -0.15) is 0 Å². The van der Waals surface area contributed by atoms with Gasteiger partial charge in [0.15, 0.2) is 5.78 Å². The van der Waals surface area contributed by atoms with E-state index in [0.717, 1.165) is 55.5 Å². The number of alkyl halides is 1. The predicted molar refractivity (Wildman–Crippen MR) is 143 cm³/mol. The topological polar surface area (TPSA) is 101 Å². The second-order valence-electron chi connectivity index (χ2n) is 9.88. The Bertz CT molecular complexity index is 1390. The molecule has 194 valence electrons. The van der Waals surface area contributed by atoms with Gasteiger partial charge in [-0.1, -0.05) is 12.8 Å². The molecule has 0 atom stereocenters. The van der Waals surface area contributed by atoms with Crippen LogP contribution in [0.25, 0.3) is 11.0 Å². The van der Waals surface area contributed by atoms with Gasteiger partial charge >= 0.3 is 0 Å². The van der Waals surface area contributed by atoms with Crippen molar-refractivity contribution in [2.45, 2.75) is 52.0 Å². The van der Waals surface area contributed by atoms with Gasteiger partial charge in [-0.25, -0.2) is 9.97 Å². The molecule has 0 bridgehead atoms. The molecule has 1 saturated carbocycles. The summed E-state index contributed by atoms with van der Waals surface area (Å²) in [6.07, 6.45) is 7.95. The Morgan fingerprint density at radius 1 is 1.05 bits per heavy atom. The first-order valence-corrected chi connectivity index (χ1v) is 13.4. The van der Waals surface area contributed by atoms with Gasteiger partial charge in [0, 0.05) is 49.5 Å². The largest absolute Gasteiger partial charge is 0.367 e. The number of pyridine rings is 2. The van der Waals surface area contributed by atoms with Crippen molar-refractivity contribution in [2.24, 2.45) is 0 Å². The van der Waals surface area contributed by atoms with Gasteiger partial charge in [-0.05, 0) is 44.4 Å². The Hall–Kier alpha value is -3.33. The van der Waals surface area contributed by atoms with Crippen molar-refractivity contribution in [3.8, 4) is 0 Å². The number of ketones is 1. The highest BCUT2D eigenvalue weighted by molar-refractivity contribution is 6.27. The number of nitrogens with zero attached hydrogens (tertiary/aromatic N) is 6. The average Bonchev–Trinajstić information content (AvgIpc) is 3.43. The van der Waals surface area contributed by atoms with Gasteiger partial charge in [0.1, 0.15) is 17.4 Å². The molecule has 5 rings (SSSR count). The summed E-state index contributed by atoms with van der Waals surface area (Å²) in [7, 11) is 0. The second kappa shape index (κ2) is 10.6. The molecular weight excluding hydrogens is 492 g/mol. The molecule has 1 aliphatic carbocycles. The lowest BCUT2D eigenvalue weighted by atomic mass is 10.0. The minimum absolute atomic E-state index is 0.0152. The zero-order valence-corrected chi connectivity index (χ0v) is 22.0. The highest BCUT2D eigenvalue weighted by atomic mass is 35.5. The molecule has 37 heavy (non-hydrogen) atoms. The minimum Gasteiger partial charge on any atom is -0.367 e. The first-order valence-electron chi connectivity index (χ1n) is 12.8. The molecule has 1 saturated heterocycles. The fraction of sp³-hybridized carbons (Fsp3) is 0.481. The second-order valence-corrected chi connectivity index (χ2v) is 10.1. The Morgan fingerprint density at radius 3 is 2.41 bits per heavy atom. The van der Waals surface area contributed by atoms with Crippen LogP contribution < -0.4 is 10.5 Å². The molecule has 0 N–H and O–H groups in total. The van der Waals surface area contributed by atoms with Gasteiger partial charge in [-0.3, -0.25) is 23.9 Å². The van der Waals surface area contributed by atoms with Crippen LogP contribution in [-0.2, 0) is 11.2 Å². The lowest BCUT2D eigenvalue weighted by molar-refractivity contribution is -0.128. The Morgan fingerprint density at radius 2 is 1.78 bits per heavy atom. The van der Waals surface area contributed by atoms with E-state index in [1.165, 1.54) is 6.92 Å². The highest BCUT2D eigenvalue weighted by Gasteiger charge is 2.26. The number of carbonyl (C=O) groups excluding carboxylic acids is 2. The molecule has 0 unspecified atom stereocenters. The van der Waals surface area contributed by atoms with Gasteiger partial charge < -0.3 is 9.80 Å². The maximum Gasteiger partial charge on any atom is 0.263 e. The number of aromatic nitrogens is 4. The molecule has 2 fully saturated rings. The lowest BCUT2D eigenvalue weighted by Crippen LogP contribution is -2.49. The fourth-order valence-corrected chi connectivity index (χ4v) is 5.71. The summed E-state index contributed by atoms with van der Waals surface area (Å²) in [6.45, 7) is 6.00. The van der Waals surface area contributed by atoms with Crippen LogP contribution in [0.2, 0.25) is 0 Å². The minimum atomic E-state index is -0.246. The Labute approximate surface area is 220 Å². The van der Waals surface area contributed by atoms with Gasteiger partial charge in [-0.15, -0.1) is 11.6 Å². The van der Waals surface area contributed by atoms with E-state index in [1.54, 1.807) is 22.6 Å². The molecule has 1 amide bonds. The van der Waals surface area contributed by atoms with E-state index in [2.05, 4.69) is 14.9 Å². The first-order chi connectivity index (χ1) is 17.9. The number of rotatable bonds is 6. The molecule has 9 nitrogen and oxygen atoms in total. The lowest BCUT2D eigenvalue weighted by Gasteiger charge is -2.35. The van der Waals surface area contributed by atoms with E-state index < -0.39 is 0 Å². The summed E-state index contributed by atoms with van der Waals surface area (Å²) in [5.74, 6) is 0.344. The van der Waals surface area contributed by atoms with E-state index in [0.29, 0.717) is 36.5 Å². The van der Waals surface area contributed by atoms with Crippen LogP contribution in [0.1, 0.15) is 66.1 Å². The number of hydrogen-bond donors (Lipinski definition) is 0. The number of fused-ring (bicyclic) bond motifs is 1. The number of anilines is 1. The number of amides is 1. The Balaban J connectivity index is 1.40. The van der Waals surface area contributed by atoms with Crippen molar-refractivity contribution in [3.63, 3.8) is 0 Å². The van der Waals surface area contributed by atoms with Crippen LogP contribution in [0.3, 0.4) is 0 Å². The maximum atomic E-state index is 13.4. The molecule has 0 spiro atoms. The van der Waals surface area contributed by atoms with E-state index in [-0.39, 0.29) is 34.7 Å². The number of carbonyl (C=O) groups is 2. The molecule has 2 aliphatic rings. The van der Waals surface area contributed by atoms with E-state index in [4.69, 9.17) is 16.6 Å². The third-order valence-electron chi connectivity index (χ3n) is 7.56. The van der Waals surface area contributed by atoms with Crippen molar-refractivity contribution < 1.29 is 9.59 Å². The average molecular weight is 523 g/mol. The highest BCUT2D eigenvalue weighted by Crippen LogP contribution is 2.31. The van der Waals surface area contributed by atoms with Crippen LogP contribution in [0.4, 0.5) is 5.69 Å². The molecule has 1 aliphatic heterocycles. The summed E-state index contributed by atoms with van der Waals surface area (Å²) in [5, 5.41) is 0.746. The summed E-state index contributed by atoms with van der Waals surface area (Å²) in [5.41, 5.74) is 3.06. The third kappa shape index (κ3) is 4.97. The summed E-state index contributed by atoms with van der Waals surface area (Å²) < 4.78 is 1.74. The smallest absolute Gasteiger partial charge is 0.263 e. The number of aryl methyl sites for hydroxylation is 1. The van der Waals surface area contributed by atoms with Crippen molar-refractivity contribution in [1.82, 2.24) is 24.4 Å². The van der Waals surface area contributed by atoms with E-state index >= 15 is 0 Å². The number of Topliss-reactive ketones (excluding diaryl/α,β-unsaturated/α-hetero) is 1. The van der Waals surface area contributed by atoms with Crippen molar-refractivity contribution >= 4 is 40.0 Å². The number of halogens is 1. The fourth-order valence-electron chi connectivity index (χ4n) is 5.54. The first kappa shape index (κ1) is 25.3. The Kier molecular flexibility index (Phi) is 7.24. The SMILES string of the molecule is CC(=O)c1c(C)c2cnc(Cc3ccc(N4CCN(C(=O)CCl)CC4)cn3)nc2n(C2CCCC2)c1=O. The summed E-state index contributed by atoms with van der Waals surface area (Å²) >= 11 is 5.68. The monoisotopic (exact) mass is 522 g/mol. The molecule has 3 aromatic rings. The van der Waals surface area contributed by atoms with Crippen LogP contribution in [0.15, 0.2) is 29.3 Å². The molecule has 3 aromatic heterocycles. The molecule has 0 aromatic carbocycles. The predicted octanol–water partition coefficient (Wildman–Crippen LogP) is 3.29. The quantitative estimate of drug-likeness (QED) is 0.361. The van der Waals surface area contributed by atoms with Gasteiger partial charge in [0.05, 0.1) is 23.9 Å². The molecular formula is C27H31ClN6O3. The van der Waals surface area contributed by atoms with Gasteiger partial charge in [0.25, 0.3) is 5.56 Å². The third-order valence-corrected chi connectivity index (χ3v) is 7.79. The standard InChI is InChI=1S/C27H31ClN6O3/c1-17-22-16-30-23(31-26(22)34(20-5-3-4-6-20)27(37)25(17)18(2)35)13-19-7-8-21(15-29-19)32-9-11-33(12-10-32)24(36)14-28/h7-8,15-16,20H,3-6,9-14H2,1-2H3. The van der Waals surface area contributed by atoms with Crippen LogP contribution in [0.5, 0.6) is 0 Å². The summed E-state index contributed by atoms with van der Waals surface area (Å²) in [4.78, 5) is 55.5. The van der Waals surface area contributed by atoms with Crippen LogP contribution in [0, 0.1) is 6.92 Å². The van der Waals surface area contributed by atoms with Crippen LogP contribution in [-0.4, -0.2) is 68.2 Å². The maximum absolute atomic E-state index is 13.4. The normalized spacial score (nSPS) is 16.5. The zero-order valence-electron chi connectivity index (χ0n) is 21.2. The zero-order chi connectivity index (χ0) is 26.1. The van der Waals surface area contributed by atoms with Gasteiger partial charge in [0.2, 0.25) is 5.91 Å². The molecule has 0 radical (unpaired) electrons. The van der Waals surface area contributed by atoms with Crippen molar-refractivity contribution in [3.05, 3.63) is 57.5 Å². The van der Waals surface area contributed by atoms with E-state index in [1.807, 2.05) is 18.3 Å². The molecule has 10 heteroatoms. The van der Waals surface area contributed by atoms with Crippen LogP contribution >= 0.6 is 11.6 Å². The summed E-state index contributed by atoms with van der Waals surface area (Å²) in [6, 6.07) is 4.04. The molecule has 4 heterocycles. The number of piperazine rings is 1. The number of hydrogen-bond acceptors (Lipinski definition) is 7. The van der Waals surface area contributed by atoms with Crippen molar-refractivity contribution in [2.75, 3.05) is 37.0 Å².